The molecular formula is C7H10NO3P. The van der Waals surface area contributed by atoms with Crippen molar-refractivity contribution in [2.24, 2.45) is 5.73 Å². The highest BCUT2D eigenvalue weighted by atomic mass is 31.1. The Kier molecular flexibility index (Phi) is 3.29. The van der Waals surface area contributed by atoms with Gasteiger partial charge in [-0.1, -0.05) is 18.2 Å². The van der Waals surface area contributed by atoms with E-state index < -0.39 is 8.25 Å². The zero-order chi connectivity index (χ0) is 8.97. The van der Waals surface area contributed by atoms with E-state index in [9.17, 15) is 4.57 Å². The molecule has 0 spiro atoms. The minimum Gasteiger partial charge on any atom is -0.426 e. The number of benzene rings is 1. The molecule has 0 amide bonds. The zero-order valence-electron chi connectivity index (χ0n) is 6.36. The van der Waals surface area contributed by atoms with E-state index in [1.165, 1.54) is 0 Å². The van der Waals surface area contributed by atoms with Crippen molar-refractivity contribution >= 4 is 8.25 Å². The van der Waals surface area contributed by atoms with Gasteiger partial charge in [-0.3, -0.25) is 0 Å². The summed E-state index contributed by atoms with van der Waals surface area (Å²) >= 11 is 0. The van der Waals surface area contributed by atoms with Gasteiger partial charge in [0.05, 0.1) is 0 Å². The van der Waals surface area contributed by atoms with E-state index in [-0.39, 0.29) is 0 Å². The van der Waals surface area contributed by atoms with Gasteiger partial charge >= 0.3 is 8.25 Å². The molecule has 1 rings (SSSR count). The topological polar surface area (TPSA) is 72.5 Å². The van der Waals surface area contributed by atoms with Gasteiger partial charge in [-0.25, -0.2) is 4.57 Å². The van der Waals surface area contributed by atoms with Crippen LogP contribution in [-0.4, -0.2) is 4.89 Å². The van der Waals surface area contributed by atoms with Gasteiger partial charge in [0.25, 0.3) is 0 Å². The van der Waals surface area contributed by atoms with Gasteiger partial charge in [0.2, 0.25) is 0 Å². The summed E-state index contributed by atoms with van der Waals surface area (Å²) in [5.41, 5.74) is 6.10. The monoisotopic (exact) mass is 187 g/mol. The minimum atomic E-state index is -2.92. The van der Waals surface area contributed by atoms with Crippen LogP contribution in [0.3, 0.4) is 0 Å². The normalized spacial score (nSPS) is 12.5. The Morgan fingerprint density at radius 3 is 2.75 bits per heavy atom. The molecule has 0 aliphatic carbocycles. The lowest BCUT2D eigenvalue weighted by atomic mass is 10.2. The first-order chi connectivity index (χ1) is 5.74. The number of hydrogen-bond acceptors (Lipinski definition) is 3. The van der Waals surface area contributed by atoms with Crippen LogP contribution in [-0.2, 0) is 11.1 Å². The van der Waals surface area contributed by atoms with Crippen LogP contribution >= 0.6 is 8.25 Å². The van der Waals surface area contributed by atoms with Crippen LogP contribution in [0, 0.1) is 0 Å². The molecule has 0 saturated carbocycles. The maximum absolute atomic E-state index is 10.4. The Morgan fingerprint density at radius 2 is 2.17 bits per heavy atom. The lowest BCUT2D eigenvalue weighted by Gasteiger charge is -2.05. The van der Waals surface area contributed by atoms with Crippen molar-refractivity contribution < 1.29 is 14.0 Å². The summed E-state index contributed by atoms with van der Waals surface area (Å²) in [5, 5.41) is 0. The van der Waals surface area contributed by atoms with Gasteiger partial charge in [0.1, 0.15) is 5.75 Å². The smallest absolute Gasteiger partial charge is 0.365 e. The quantitative estimate of drug-likeness (QED) is 0.689. The molecule has 0 fully saturated rings. The van der Waals surface area contributed by atoms with E-state index in [0.29, 0.717) is 12.3 Å². The largest absolute Gasteiger partial charge is 0.426 e. The molecule has 5 heteroatoms. The van der Waals surface area contributed by atoms with Gasteiger partial charge in [0.15, 0.2) is 0 Å². The lowest BCUT2D eigenvalue weighted by molar-refractivity contribution is 0.408. The first kappa shape index (κ1) is 9.26. The van der Waals surface area contributed by atoms with Crippen molar-refractivity contribution in [3.8, 4) is 5.75 Å². The van der Waals surface area contributed by atoms with E-state index in [4.69, 9.17) is 10.6 Å². The van der Waals surface area contributed by atoms with Crippen molar-refractivity contribution in [1.82, 2.24) is 0 Å². The summed E-state index contributed by atoms with van der Waals surface area (Å²) in [7, 11) is -2.92. The third-order valence-electron chi connectivity index (χ3n) is 1.39. The fraction of sp³-hybridized carbons (Fsp3) is 0.143. The average Bonchev–Trinajstić information content (AvgIpc) is 2.04. The van der Waals surface area contributed by atoms with Crippen LogP contribution in [0.1, 0.15) is 5.56 Å². The number of hydrogen-bond donors (Lipinski definition) is 2. The van der Waals surface area contributed by atoms with Crippen molar-refractivity contribution in [3.63, 3.8) is 0 Å². The Bertz CT molecular complexity index is 290. The van der Waals surface area contributed by atoms with E-state index >= 15 is 0 Å². The summed E-state index contributed by atoms with van der Waals surface area (Å²) in [5.74, 6) is 0.381. The van der Waals surface area contributed by atoms with Crippen LogP contribution in [0.25, 0.3) is 0 Å². The molecule has 0 aromatic heterocycles. The standard InChI is InChI=1S/C7H10NO3P/c8-5-6-3-1-2-4-7(6)11-12(9)10/h1-4,12H,5,8H2,(H,9,10). The van der Waals surface area contributed by atoms with Crippen LogP contribution in [0.15, 0.2) is 24.3 Å². The molecule has 0 bridgehead atoms. The van der Waals surface area contributed by atoms with Crippen molar-refractivity contribution in [2.75, 3.05) is 0 Å². The predicted molar refractivity (Wildman–Crippen MR) is 46.2 cm³/mol. The molecule has 0 radical (unpaired) electrons. The van der Waals surface area contributed by atoms with Crippen molar-refractivity contribution in [1.29, 1.82) is 0 Å². The van der Waals surface area contributed by atoms with E-state index in [2.05, 4.69) is 4.52 Å². The molecule has 12 heavy (non-hydrogen) atoms. The Labute approximate surface area is 70.9 Å². The average molecular weight is 187 g/mol. The van der Waals surface area contributed by atoms with Crippen LogP contribution in [0.2, 0.25) is 0 Å². The zero-order valence-corrected chi connectivity index (χ0v) is 7.36. The molecule has 1 unspecified atom stereocenters. The molecule has 1 aromatic rings. The maximum atomic E-state index is 10.4. The first-order valence-electron chi connectivity index (χ1n) is 3.43. The second-order valence-corrected chi connectivity index (χ2v) is 2.92. The summed E-state index contributed by atoms with van der Waals surface area (Å²) in [6.07, 6.45) is 0. The third kappa shape index (κ3) is 2.34. The Morgan fingerprint density at radius 1 is 1.50 bits per heavy atom. The summed E-state index contributed by atoms with van der Waals surface area (Å²) in [6, 6.07) is 6.88. The highest BCUT2D eigenvalue weighted by Crippen LogP contribution is 2.25. The van der Waals surface area contributed by atoms with Gasteiger partial charge in [-0.15, -0.1) is 0 Å². The van der Waals surface area contributed by atoms with Gasteiger partial charge in [-0.2, -0.15) is 0 Å². The molecule has 0 heterocycles. The molecular weight excluding hydrogens is 177 g/mol. The fourth-order valence-electron chi connectivity index (χ4n) is 0.866. The van der Waals surface area contributed by atoms with Gasteiger partial charge in [0, 0.05) is 12.1 Å². The van der Waals surface area contributed by atoms with Crippen LogP contribution in [0.5, 0.6) is 5.75 Å². The highest BCUT2D eigenvalue weighted by Gasteiger charge is 2.01. The molecule has 4 nitrogen and oxygen atoms in total. The lowest BCUT2D eigenvalue weighted by Crippen LogP contribution is -1.98. The minimum absolute atomic E-state index is 0.297. The summed E-state index contributed by atoms with van der Waals surface area (Å²) in [6.45, 7) is 0.297. The van der Waals surface area contributed by atoms with Gasteiger partial charge < -0.3 is 15.2 Å². The number of rotatable bonds is 3. The Hall–Kier alpha value is -0.830. The second-order valence-electron chi connectivity index (χ2n) is 2.18. The highest BCUT2D eigenvalue weighted by molar-refractivity contribution is 7.32. The fourth-order valence-corrected chi connectivity index (χ4v) is 1.25. The predicted octanol–water partition coefficient (Wildman–Crippen LogP) is 0.906. The SMILES string of the molecule is NCc1ccccc1O[PH](=O)O. The summed E-state index contributed by atoms with van der Waals surface area (Å²) in [4.78, 5) is 8.51. The molecule has 3 N–H and O–H groups in total. The molecule has 0 aliphatic rings. The molecule has 0 saturated heterocycles. The maximum Gasteiger partial charge on any atom is 0.365 e. The molecule has 1 aromatic carbocycles. The Balaban J connectivity index is 2.89. The number of para-hydroxylation sites is 1. The molecule has 1 atom stereocenters. The van der Waals surface area contributed by atoms with Crippen LogP contribution in [0.4, 0.5) is 0 Å². The summed E-state index contributed by atoms with van der Waals surface area (Å²) < 4.78 is 15.0. The second kappa shape index (κ2) is 4.26. The van der Waals surface area contributed by atoms with Gasteiger partial charge in [-0.05, 0) is 6.07 Å². The molecule has 0 aliphatic heterocycles. The molecule has 66 valence electrons. The van der Waals surface area contributed by atoms with E-state index in [1.54, 1.807) is 24.3 Å². The van der Waals surface area contributed by atoms with Crippen molar-refractivity contribution in [3.05, 3.63) is 29.8 Å². The number of nitrogens with two attached hydrogens (primary N) is 1. The first-order valence-corrected chi connectivity index (χ1v) is 4.69. The van der Waals surface area contributed by atoms with E-state index in [0.717, 1.165) is 5.56 Å². The van der Waals surface area contributed by atoms with E-state index in [1.807, 2.05) is 0 Å². The third-order valence-corrected chi connectivity index (χ3v) is 1.78. The van der Waals surface area contributed by atoms with Crippen LogP contribution < -0.4 is 10.3 Å². The van der Waals surface area contributed by atoms with Crippen molar-refractivity contribution in [2.45, 2.75) is 6.54 Å².